The summed E-state index contributed by atoms with van der Waals surface area (Å²) in [6.07, 6.45) is 1.34. The second-order valence-electron chi connectivity index (χ2n) is 4.52. The molecule has 0 aromatic heterocycles. The zero-order chi connectivity index (χ0) is 15.3. The third-order valence-corrected chi connectivity index (χ3v) is 4.10. The van der Waals surface area contributed by atoms with Crippen molar-refractivity contribution in [3.8, 4) is 5.75 Å². The lowest BCUT2D eigenvalue weighted by Crippen LogP contribution is -1.98. The zero-order valence-electron chi connectivity index (χ0n) is 12.0. The quantitative estimate of drug-likeness (QED) is 0.797. The normalized spacial score (nSPS) is 11.7. The van der Waals surface area contributed by atoms with Crippen LogP contribution in [0.5, 0.6) is 5.75 Å². The number of hydrogen-bond donors (Lipinski definition) is 0. The number of hydrogen-bond acceptors (Lipinski definition) is 3. The summed E-state index contributed by atoms with van der Waals surface area (Å²) in [5.74, 6) is 0.746. The molecule has 0 atom stereocenters. The summed E-state index contributed by atoms with van der Waals surface area (Å²) in [6.45, 7) is 4.40. The van der Waals surface area contributed by atoms with Gasteiger partial charge in [-0.25, -0.2) is 0 Å². The number of rotatable bonds is 5. The molecule has 2 rings (SSSR count). The molecule has 0 saturated heterocycles. The van der Waals surface area contributed by atoms with Crippen molar-refractivity contribution < 1.29 is 13.2 Å². The molecule has 0 aliphatic carbocycles. The largest absolute Gasteiger partial charge is 0.494 e. The van der Waals surface area contributed by atoms with Crippen molar-refractivity contribution in [2.45, 2.75) is 18.7 Å². The summed E-state index contributed by atoms with van der Waals surface area (Å²) in [5, 5.41) is 0. The van der Waals surface area contributed by atoms with Crippen molar-refractivity contribution in [3.05, 3.63) is 59.7 Å². The van der Waals surface area contributed by atoms with Crippen LogP contribution in [0.2, 0.25) is 0 Å². The summed E-state index contributed by atoms with van der Waals surface area (Å²) in [4.78, 5) is 0.190. The van der Waals surface area contributed by atoms with Gasteiger partial charge in [0.05, 0.1) is 11.5 Å². The van der Waals surface area contributed by atoms with Gasteiger partial charge in [-0.15, -0.1) is 0 Å². The smallest absolute Gasteiger partial charge is 0.282 e. The van der Waals surface area contributed by atoms with Crippen LogP contribution in [0.3, 0.4) is 0 Å². The monoisotopic (exact) mass is 303 g/mol. The van der Waals surface area contributed by atoms with Gasteiger partial charge in [-0.3, -0.25) is 0 Å². The molecule has 2 aromatic carbocycles. The number of sulfonamides is 1. The van der Waals surface area contributed by atoms with E-state index in [9.17, 15) is 8.42 Å². The van der Waals surface area contributed by atoms with Crippen LogP contribution in [0.25, 0.3) is 0 Å². The Balaban J connectivity index is 2.17. The molecule has 0 radical (unpaired) electrons. The standard InChI is InChI=1S/C16H17NO3S/c1-3-20-15-8-6-14(7-9-15)12-17-21(18,19)16-10-4-13(2)5-11-16/h4-12H,3H2,1-2H3. The first kappa shape index (κ1) is 15.3. The third-order valence-electron chi connectivity index (χ3n) is 2.85. The highest BCUT2D eigenvalue weighted by Crippen LogP contribution is 2.14. The summed E-state index contributed by atoms with van der Waals surface area (Å²) in [5.41, 5.74) is 1.71. The lowest BCUT2D eigenvalue weighted by atomic mass is 10.2. The molecule has 0 bridgehead atoms. The first-order chi connectivity index (χ1) is 10.0. The maximum atomic E-state index is 12.1. The van der Waals surface area contributed by atoms with Crippen LogP contribution in [0.4, 0.5) is 0 Å². The van der Waals surface area contributed by atoms with Crippen LogP contribution in [0.1, 0.15) is 18.1 Å². The first-order valence-electron chi connectivity index (χ1n) is 6.61. The summed E-state index contributed by atoms with van der Waals surface area (Å²) in [6, 6.07) is 13.7. The lowest BCUT2D eigenvalue weighted by molar-refractivity contribution is 0.340. The molecule has 0 spiro atoms. The predicted molar refractivity (Wildman–Crippen MR) is 83.6 cm³/mol. The molecule has 0 amide bonds. The van der Waals surface area contributed by atoms with Gasteiger partial charge in [0.15, 0.2) is 0 Å². The Hall–Kier alpha value is -2.14. The van der Waals surface area contributed by atoms with E-state index in [1.807, 2.05) is 13.8 Å². The zero-order valence-corrected chi connectivity index (χ0v) is 12.8. The Bertz CT molecular complexity index is 717. The highest BCUT2D eigenvalue weighted by Gasteiger charge is 2.10. The van der Waals surface area contributed by atoms with E-state index in [4.69, 9.17) is 4.74 Å². The van der Waals surface area contributed by atoms with E-state index in [1.165, 1.54) is 6.21 Å². The first-order valence-corrected chi connectivity index (χ1v) is 8.05. The van der Waals surface area contributed by atoms with Crippen LogP contribution < -0.4 is 4.74 Å². The van der Waals surface area contributed by atoms with Gasteiger partial charge in [0.25, 0.3) is 10.0 Å². The van der Waals surface area contributed by atoms with Crippen molar-refractivity contribution in [1.82, 2.24) is 0 Å². The fourth-order valence-electron chi connectivity index (χ4n) is 1.72. The van der Waals surface area contributed by atoms with E-state index in [2.05, 4.69) is 4.40 Å². The SMILES string of the molecule is CCOc1ccc(C=NS(=O)(=O)c2ccc(C)cc2)cc1. The number of benzene rings is 2. The molecule has 0 N–H and O–H groups in total. The van der Waals surface area contributed by atoms with Gasteiger partial charge >= 0.3 is 0 Å². The minimum atomic E-state index is -3.66. The maximum Gasteiger partial charge on any atom is 0.282 e. The van der Waals surface area contributed by atoms with Crippen LogP contribution in [-0.4, -0.2) is 21.2 Å². The Morgan fingerprint density at radius 1 is 1.05 bits per heavy atom. The van der Waals surface area contributed by atoms with Crippen LogP contribution in [0.15, 0.2) is 57.8 Å². The number of aryl methyl sites for hydroxylation is 1. The number of ether oxygens (including phenoxy) is 1. The molecule has 0 unspecified atom stereocenters. The molecule has 5 heteroatoms. The van der Waals surface area contributed by atoms with E-state index in [1.54, 1.807) is 48.5 Å². The van der Waals surface area contributed by atoms with Gasteiger partial charge in [-0.05, 0) is 55.8 Å². The molecule has 0 aliphatic heterocycles. The second kappa shape index (κ2) is 6.54. The van der Waals surface area contributed by atoms with Crippen molar-refractivity contribution in [2.24, 2.45) is 4.40 Å². The van der Waals surface area contributed by atoms with Crippen molar-refractivity contribution in [3.63, 3.8) is 0 Å². The highest BCUT2D eigenvalue weighted by atomic mass is 32.2. The summed E-state index contributed by atoms with van der Waals surface area (Å²) >= 11 is 0. The molecule has 110 valence electrons. The summed E-state index contributed by atoms with van der Waals surface area (Å²) in [7, 11) is -3.66. The molecule has 21 heavy (non-hydrogen) atoms. The fourth-order valence-corrected chi connectivity index (χ4v) is 2.58. The van der Waals surface area contributed by atoms with E-state index in [0.29, 0.717) is 12.2 Å². The third kappa shape index (κ3) is 4.16. The van der Waals surface area contributed by atoms with Crippen LogP contribution in [-0.2, 0) is 10.0 Å². The predicted octanol–water partition coefficient (Wildman–Crippen LogP) is 3.20. The molecular weight excluding hydrogens is 286 g/mol. The second-order valence-corrected chi connectivity index (χ2v) is 6.16. The minimum Gasteiger partial charge on any atom is -0.494 e. The highest BCUT2D eigenvalue weighted by molar-refractivity contribution is 7.90. The topological polar surface area (TPSA) is 55.7 Å². The van der Waals surface area contributed by atoms with E-state index in [0.717, 1.165) is 11.3 Å². The molecule has 0 aliphatic rings. The fraction of sp³-hybridized carbons (Fsp3) is 0.188. The van der Waals surface area contributed by atoms with Crippen molar-refractivity contribution in [2.75, 3.05) is 6.61 Å². The maximum absolute atomic E-state index is 12.1. The Labute approximate surface area is 125 Å². The van der Waals surface area contributed by atoms with Gasteiger partial charge in [0.2, 0.25) is 0 Å². The van der Waals surface area contributed by atoms with Gasteiger partial charge in [-0.2, -0.15) is 12.8 Å². The Kier molecular flexibility index (Phi) is 4.75. The molecule has 2 aromatic rings. The molecule has 0 fully saturated rings. The minimum absolute atomic E-state index is 0.190. The Morgan fingerprint density at radius 2 is 1.67 bits per heavy atom. The molecule has 0 saturated carbocycles. The average Bonchev–Trinajstić information content (AvgIpc) is 2.47. The molecule has 0 heterocycles. The van der Waals surface area contributed by atoms with Gasteiger partial charge < -0.3 is 4.74 Å². The lowest BCUT2D eigenvalue weighted by Gasteiger charge is -2.02. The summed E-state index contributed by atoms with van der Waals surface area (Å²) < 4.78 is 33.2. The average molecular weight is 303 g/mol. The molecular formula is C16H17NO3S. The van der Waals surface area contributed by atoms with Gasteiger partial charge in [-0.1, -0.05) is 17.7 Å². The van der Waals surface area contributed by atoms with Crippen molar-refractivity contribution in [1.29, 1.82) is 0 Å². The van der Waals surface area contributed by atoms with Crippen LogP contribution in [0, 0.1) is 6.92 Å². The van der Waals surface area contributed by atoms with E-state index >= 15 is 0 Å². The Morgan fingerprint density at radius 3 is 2.24 bits per heavy atom. The van der Waals surface area contributed by atoms with Gasteiger partial charge in [0.1, 0.15) is 5.75 Å². The van der Waals surface area contributed by atoms with Crippen LogP contribution >= 0.6 is 0 Å². The number of nitrogens with zero attached hydrogens (tertiary/aromatic N) is 1. The van der Waals surface area contributed by atoms with Gasteiger partial charge in [0, 0.05) is 6.21 Å². The van der Waals surface area contributed by atoms with E-state index in [-0.39, 0.29) is 4.90 Å². The molecule has 4 nitrogen and oxygen atoms in total. The van der Waals surface area contributed by atoms with Crippen molar-refractivity contribution >= 4 is 16.2 Å². The van der Waals surface area contributed by atoms with E-state index < -0.39 is 10.0 Å².